The standard InChI is InChI=1S/C29H31NO3S/c1-3-6-24(17-29(31)32)23-9-11-26(12-10-23)33-20-22-8-5-7-21(15-22)18-30-14-13-28-25(19-30)16-27(4-2)34-28/h5,7-12,15-16,24H,4,13-14,17-20H2,1-2H3,(H,31,32). The first-order valence-electron chi connectivity index (χ1n) is 11.8. The lowest BCUT2D eigenvalue weighted by atomic mass is 9.96. The normalized spacial score (nSPS) is 14.1. The van der Waals surface area contributed by atoms with Crippen LogP contribution in [-0.4, -0.2) is 22.5 Å². The fourth-order valence-electron chi connectivity index (χ4n) is 4.40. The largest absolute Gasteiger partial charge is 0.489 e. The molecule has 5 heteroatoms. The van der Waals surface area contributed by atoms with Crippen LogP contribution in [0.25, 0.3) is 0 Å². The van der Waals surface area contributed by atoms with Crippen LogP contribution < -0.4 is 4.74 Å². The summed E-state index contributed by atoms with van der Waals surface area (Å²) in [6, 6.07) is 18.6. The lowest BCUT2D eigenvalue weighted by molar-refractivity contribution is -0.137. The summed E-state index contributed by atoms with van der Waals surface area (Å²) in [6.45, 7) is 7.54. The average molecular weight is 474 g/mol. The molecule has 0 saturated carbocycles. The van der Waals surface area contributed by atoms with Crippen molar-refractivity contribution in [3.8, 4) is 17.6 Å². The Morgan fingerprint density at radius 2 is 1.97 bits per heavy atom. The van der Waals surface area contributed by atoms with Crippen molar-refractivity contribution in [3.05, 3.63) is 86.6 Å². The van der Waals surface area contributed by atoms with Gasteiger partial charge in [0.15, 0.2) is 0 Å². The molecule has 4 rings (SSSR count). The van der Waals surface area contributed by atoms with Gasteiger partial charge in [-0.1, -0.05) is 49.2 Å². The lowest BCUT2D eigenvalue weighted by Crippen LogP contribution is -2.29. The minimum atomic E-state index is -0.848. The number of benzene rings is 2. The van der Waals surface area contributed by atoms with E-state index in [2.05, 4.69) is 54.0 Å². The van der Waals surface area contributed by atoms with Crippen LogP contribution >= 0.6 is 11.3 Å². The number of hydrogen-bond donors (Lipinski definition) is 1. The number of carboxylic acids is 1. The van der Waals surface area contributed by atoms with Crippen LogP contribution in [0.15, 0.2) is 54.6 Å². The first kappa shape index (κ1) is 24.1. The molecule has 1 unspecified atom stereocenters. The fourth-order valence-corrected chi connectivity index (χ4v) is 5.51. The lowest BCUT2D eigenvalue weighted by Gasteiger charge is -2.27. The van der Waals surface area contributed by atoms with E-state index in [0.717, 1.165) is 49.4 Å². The summed E-state index contributed by atoms with van der Waals surface area (Å²) in [6.07, 6.45) is 2.27. The molecule has 2 aromatic carbocycles. The molecule has 1 aromatic heterocycles. The third-order valence-electron chi connectivity index (χ3n) is 6.13. The minimum absolute atomic E-state index is 0.00164. The predicted octanol–water partition coefficient (Wildman–Crippen LogP) is 6.03. The molecule has 1 aliphatic heterocycles. The van der Waals surface area contributed by atoms with Gasteiger partial charge in [0.1, 0.15) is 12.4 Å². The smallest absolute Gasteiger partial charge is 0.304 e. The van der Waals surface area contributed by atoms with E-state index in [1.54, 1.807) is 11.8 Å². The summed E-state index contributed by atoms with van der Waals surface area (Å²) in [5.74, 6) is 5.42. The maximum absolute atomic E-state index is 11.1. The van der Waals surface area contributed by atoms with Crippen molar-refractivity contribution < 1.29 is 14.6 Å². The van der Waals surface area contributed by atoms with Gasteiger partial charge in [-0.15, -0.1) is 17.3 Å². The second-order valence-corrected chi connectivity index (χ2v) is 9.92. The van der Waals surface area contributed by atoms with Crippen LogP contribution in [-0.2, 0) is 37.3 Å². The maximum atomic E-state index is 11.1. The van der Waals surface area contributed by atoms with Crippen LogP contribution in [0.4, 0.5) is 0 Å². The molecule has 0 bridgehead atoms. The molecule has 34 heavy (non-hydrogen) atoms. The molecule has 0 radical (unpaired) electrons. The zero-order valence-electron chi connectivity index (χ0n) is 19.8. The zero-order chi connectivity index (χ0) is 23.9. The van der Waals surface area contributed by atoms with Crippen molar-refractivity contribution in [2.45, 2.75) is 58.7 Å². The number of ether oxygens (including phenoxy) is 1. The molecule has 4 nitrogen and oxygen atoms in total. The topological polar surface area (TPSA) is 49.8 Å². The van der Waals surface area contributed by atoms with Gasteiger partial charge in [-0.05, 0) is 60.2 Å². The van der Waals surface area contributed by atoms with Crippen molar-refractivity contribution in [2.75, 3.05) is 6.54 Å². The molecule has 0 fully saturated rings. The fraction of sp³-hybridized carbons (Fsp3) is 0.345. The predicted molar refractivity (Wildman–Crippen MR) is 137 cm³/mol. The number of rotatable bonds is 9. The summed E-state index contributed by atoms with van der Waals surface area (Å²) in [5.41, 5.74) is 4.85. The Labute approximate surface area is 206 Å². The van der Waals surface area contributed by atoms with E-state index < -0.39 is 5.97 Å². The van der Waals surface area contributed by atoms with E-state index in [1.165, 1.54) is 16.0 Å². The van der Waals surface area contributed by atoms with Gasteiger partial charge in [0.25, 0.3) is 0 Å². The van der Waals surface area contributed by atoms with Crippen LogP contribution in [0.2, 0.25) is 0 Å². The van der Waals surface area contributed by atoms with Gasteiger partial charge in [-0.3, -0.25) is 9.69 Å². The van der Waals surface area contributed by atoms with Gasteiger partial charge in [-0.2, -0.15) is 0 Å². The van der Waals surface area contributed by atoms with Crippen LogP contribution in [0.3, 0.4) is 0 Å². The van der Waals surface area contributed by atoms with E-state index >= 15 is 0 Å². The highest BCUT2D eigenvalue weighted by Crippen LogP contribution is 2.29. The second-order valence-electron chi connectivity index (χ2n) is 8.70. The van der Waals surface area contributed by atoms with Gasteiger partial charge in [0.05, 0.1) is 12.3 Å². The quantitative estimate of drug-likeness (QED) is 0.386. The van der Waals surface area contributed by atoms with Crippen LogP contribution in [0.1, 0.15) is 58.2 Å². The van der Waals surface area contributed by atoms with Crippen molar-refractivity contribution >= 4 is 17.3 Å². The van der Waals surface area contributed by atoms with Gasteiger partial charge in [0.2, 0.25) is 0 Å². The van der Waals surface area contributed by atoms with E-state index in [4.69, 9.17) is 9.84 Å². The van der Waals surface area contributed by atoms with E-state index in [0.29, 0.717) is 6.61 Å². The highest BCUT2D eigenvalue weighted by Gasteiger charge is 2.19. The molecule has 0 aliphatic carbocycles. The summed E-state index contributed by atoms with van der Waals surface area (Å²) < 4.78 is 6.01. The Kier molecular flexibility index (Phi) is 8.05. The molecule has 1 N–H and O–H groups in total. The van der Waals surface area contributed by atoms with Crippen molar-refractivity contribution in [1.29, 1.82) is 0 Å². The van der Waals surface area contributed by atoms with Gasteiger partial charge < -0.3 is 9.84 Å². The number of nitrogens with zero attached hydrogens (tertiary/aromatic N) is 1. The number of aliphatic carboxylic acids is 1. The Hall–Kier alpha value is -3.07. The van der Waals surface area contributed by atoms with Crippen molar-refractivity contribution in [3.63, 3.8) is 0 Å². The van der Waals surface area contributed by atoms with Crippen molar-refractivity contribution in [1.82, 2.24) is 4.90 Å². The number of hydrogen-bond acceptors (Lipinski definition) is 4. The molecule has 0 amide bonds. The molecule has 2 heterocycles. The minimum Gasteiger partial charge on any atom is -0.489 e. The van der Waals surface area contributed by atoms with Crippen LogP contribution in [0, 0.1) is 11.8 Å². The summed E-state index contributed by atoms with van der Waals surface area (Å²) in [7, 11) is 0. The monoisotopic (exact) mass is 473 g/mol. The maximum Gasteiger partial charge on any atom is 0.304 e. The number of carboxylic acid groups (broad SMARTS) is 1. The summed E-state index contributed by atoms with van der Waals surface area (Å²) in [4.78, 5) is 16.7. The Morgan fingerprint density at radius 1 is 1.18 bits per heavy atom. The molecule has 1 aliphatic rings. The van der Waals surface area contributed by atoms with Gasteiger partial charge in [0, 0.05) is 29.4 Å². The molecule has 0 saturated heterocycles. The molecule has 176 valence electrons. The third-order valence-corrected chi connectivity index (χ3v) is 7.51. The third kappa shape index (κ3) is 6.28. The average Bonchev–Trinajstić information content (AvgIpc) is 3.25. The Balaban J connectivity index is 1.34. The van der Waals surface area contributed by atoms with Gasteiger partial charge in [-0.25, -0.2) is 0 Å². The number of fused-ring (bicyclic) bond motifs is 1. The zero-order valence-corrected chi connectivity index (χ0v) is 20.7. The first-order chi connectivity index (χ1) is 16.5. The Morgan fingerprint density at radius 3 is 2.71 bits per heavy atom. The van der Waals surface area contributed by atoms with E-state index in [-0.39, 0.29) is 12.3 Å². The second kappa shape index (κ2) is 11.4. The summed E-state index contributed by atoms with van der Waals surface area (Å²) in [5, 5.41) is 9.12. The molecular formula is C29H31NO3S. The number of thiophene rings is 1. The first-order valence-corrected chi connectivity index (χ1v) is 12.6. The Bertz CT molecular complexity index is 1190. The molecular weight excluding hydrogens is 442 g/mol. The van der Waals surface area contributed by atoms with Crippen LogP contribution in [0.5, 0.6) is 5.75 Å². The highest BCUT2D eigenvalue weighted by atomic mass is 32.1. The SMILES string of the molecule is CC#CC(CC(=O)O)c1ccc(OCc2cccc(CN3CCc4sc(CC)cc4C3)c2)cc1. The molecule has 0 spiro atoms. The summed E-state index contributed by atoms with van der Waals surface area (Å²) >= 11 is 1.98. The molecule has 3 aromatic rings. The van der Waals surface area contributed by atoms with Gasteiger partial charge >= 0.3 is 5.97 Å². The number of aryl methyl sites for hydroxylation is 1. The molecule has 1 atom stereocenters. The highest BCUT2D eigenvalue weighted by molar-refractivity contribution is 7.12. The van der Waals surface area contributed by atoms with Crippen molar-refractivity contribution in [2.24, 2.45) is 0 Å². The van der Waals surface area contributed by atoms with E-state index in [9.17, 15) is 4.79 Å². The van der Waals surface area contributed by atoms with E-state index in [1.807, 2.05) is 35.6 Å². The number of carbonyl (C=O) groups is 1.